The van der Waals surface area contributed by atoms with Gasteiger partial charge in [-0.25, -0.2) is 0 Å². The van der Waals surface area contributed by atoms with E-state index in [1.54, 1.807) is 5.57 Å². The van der Waals surface area contributed by atoms with E-state index in [0.29, 0.717) is 10.8 Å². The summed E-state index contributed by atoms with van der Waals surface area (Å²) in [4.78, 5) is 0. The molecule has 1 heteroatoms. The predicted molar refractivity (Wildman–Crippen MR) is 128 cm³/mol. The molecule has 30 heavy (non-hydrogen) atoms. The van der Waals surface area contributed by atoms with Gasteiger partial charge in [0, 0.05) is 0 Å². The molecule has 0 saturated heterocycles. The lowest BCUT2D eigenvalue weighted by Gasteiger charge is -2.53. The largest absolute Gasteiger partial charge is 0.393 e. The van der Waals surface area contributed by atoms with Crippen LogP contribution < -0.4 is 0 Å². The molecule has 2 fully saturated rings. The van der Waals surface area contributed by atoms with E-state index in [1.807, 2.05) is 11.1 Å². The summed E-state index contributed by atoms with van der Waals surface area (Å²) in [7, 11) is 0. The van der Waals surface area contributed by atoms with Crippen LogP contribution in [0.3, 0.4) is 0 Å². The van der Waals surface area contributed by atoms with E-state index in [0.717, 1.165) is 42.4 Å². The van der Waals surface area contributed by atoms with Crippen LogP contribution in [0.1, 0.15) is 112 Å². The Morgan fingerprint density at radius 3 is 2.47 bits per heavy atom. The molecule has 4 aliphatic rings. The summed E-state index contributed by atoms with van der Waals surface area (Å²) in [5.74, 6) is 4.23. The van der Waals surface area contributed by atoms with Gasteiger partial charge >= 0.3 is 0 Å². The van der Waals surface area contributed by atoms with E-state index >= 15 is 0 Å². The summed E-state index contributed by atoms with van der Waals surface area (Å²) >= 11 is 0. The minimum atomic E-state index is -0.0955. The first-order chi connectivity index (χ1) is 14.2. The zero-order chi connectivity index (χ0) is 21.7. The Kier molecular flexibility index (Phi) is 6.35. The van der Waals surface area contributed by atoms with Gasteiger partial charge in [0.25, 0.3) is 0 Å². The fraction of sp³-hybridized carbons (Fsp3) is 0.862. The summed E-state index contributed by atoms with van der Waals surface area (Å²) < 4.78 is 0. The van der Waals surface area contributed by atoms with E-state index in [2.05, 4.69) is 47.6 Å². The van der Waals surface area contributed by atoms with E-state index in [-0.39, 0.29) is 6.10 Å². The minimum Gasteiger partial charge on any atom is -0.393 e. The second-order valence-corrected chi connectivity index (χ2v) is 12.4. The SMILES string of the molecule is CCC(CC[C@@H](C)C1CCC2=C3CC=C4CC(O)CC[C@]4(C)C3CC[C@@]21C)C(C)C. The standard InChI is InChI=1S/C29H48O/c1-7-21(19(2)3)9-8-20(4)25-12-13-26-24-11-10-22-18-23(30)14-16-28(22,5)27(24)15-17-29(25,26)6/h10,19-21,23,25,27,30H,7-9,11-18H2,1-6H3/t20-,21?,23?,25?,27?,28+,29-/m1/s1. The number of hydrogen-bond donors (Lipinski definition) is 1. The third-order valence-corrected chi connectivity index (χ3v) is 10.6. The Balaban J connectivity index is 1.54. The number of hydrogen-bond acceptors (Lipinski definition) is 1. The maximum atomic E-state index is 10.2. The van der Waals surface area contributed by atoms with Crippen molar-refractivity contribution < 1.29 is 5.11 Å². The molecule has 0 radical (unpaired) electrons. The van der Waals surface area contributed by atoms with Crippen LogP contribution in [0, 0.1) is 40.4 Å². The van der Waals surface area contributed by atoms with Crippen LogP contribution in [0.5, 0.6) is 0 Å². The van der Waals surface area contributed by atoms with Gasteiger partial charge in [-0.15, -0.1) is 0 Å². The zero-order valence-corrected chi connectivity index (χ0v) is 20.8. The highest BCUT2D eigenvalue weighted by Crippen LogP contribution is 2.64. The van der Waals surface area contributed by atoms with Gasteiger partial charge < -0.3 is 5.11 Å². The van der Waals surface area contributed by atoms with Gasteiger partial charge in [0.15, 0.2) is 0 Å². The van der Waals surface area contributed by atoms with Crippen molar-refractivity contribution in [1.82, 2.24) is 0 Å². The molecule has 0 heterocycles. The fourth-order valence-corrected chi connectivity index (χ4v) is 8.55. The molecule has 0 aromatic rings. The number of allylic oxidation sites excluding steroid dienone is 3. The lowest BCUT2D eigenvalue weighted by atomic mass is 9.52. The Hall–Kier alpha value is -0.560. The van der Waals surface area contributed by atoms with Crippen LogP contribution in [0.15, 0.2) is 22.8 Å². The molecule has 0 spiro atoms. The van der Waals surface area contributed by atoms with Gasteiger partial charge in [-0.05, 0) is 98.2 Å². The van der Waals surface area contributed by atoms with E-state index in [9.17, 15) is 5.11 Å². The van der Waals surface area contributed by atoms with Crippen molar-refractivity contribution in [2.45, 2.75) is 118 Å². The molecular formula is C29H48O. The van der Waals surface area contributed by atoms with Crippen molar-refractivity contribution in [1.29, 1.82) is 0 Å². The molecule has 1 N–H and O–H groups in total. The first-order valence-corrected chi connectivity index (χ1v) is 13.3. The third-order valence-electron chi connectivity index (χ3n) is 10.6. The lowest BCUT2D eigenvalue weighted by Crippen LogP contribution is -2.43. The maximum Gasteiger partial charge on any atom is 0.0577 e. The number of fused-ring (bicyclic) bond motifs is 4. The van der Waals surface area contributed by atoms with E-state index in [1.165, 1.54) is 57.8 Å². The Labute approximate surface area is 186 Å². The molecule has 0 aromatic carbocycles. The Morgan fingerprint density at radius 1 is 1.03 bits per heavy atom. The molecular weight excluding hydrogens is 364 g/mol. The van der Waals surface area contributed by atoms with E-state index in [4.69, 9.17) is 0 Å². The second-order valence-electron chi connectivity index (χ2n) is 12.4. The van der Waals surface area contributed by atoms with Gasteiger partial charge in [0.2, 0.25) is 0 Å². The maximum absolute atomic E-state index is 10.2. The molecule has 0 aromatic heterocycles. The van der Waals surface area contributed by atoms with Gasteiger partial charge in [0.1, 0.15) is 0 Å². The smallest absolute Gasteiger partial charge is 0.0577 e. The van der Waals surface area contributed by atoms with Crippen LogP contribution in [0.25, 0.3) is 0 Å². The summed E-state index contributed by atoms with van der Waals surface area (Å²) in [6.45, 7) is 15.0. The average molecular weight is 413 g/mol. The molecule has 170 valence electrons. The predicted octanol–water partition coefficient (Wildman–Crippen LogP) is 8.09. The molecule has 2 saturated carbocycles. The fourth-order valence-electron chi connectivity index (χ4n) is 8.55. The van der Waals surface area contributed by atoms with Crippen molar-refractivity contribution in [2.24, 2.45) is 40.4 Å². The summed E-state index contributed by atoms with van der Waals surface area (Å²) in [6.07, 6.45) is 16.5. The third kappa shape index (κ3) is 3.66. The van der Waals surface area contributed by atoms with Gasteiger partial charge in [0.05, 0.1) is 6.10 Å². The van der Waals surface area contributed by atoms with Gasteiger partial charge in [-0.1, -0.05) is 77.2 Å². The summed E-state index contributed by atoms with van der Waals surface area (Å²) in [5.41, 5.74) is 6.10. The molecule has 0 amide bonds. The summed E-state index contributed by atoms with van der Waals surface area (Å²) in [6, 6.07) is 0. The van der Waals surface area contributed by atoms with Crippen LogP contribution in [0.4, 0.5) is 0 Å². The molecule has 0 bridgehead atoms. The number of aliphatic hydroxyl groups excluding tert-OH is 1. The minimum absolute atomic E-state index is 0.0955. The first-order valence-electron chi connectivity index (χ1n) is 13.3. The lowest BCUT2D eigenvalue weighted by molar-refractivity contribution is 0.0684. The second kappa shape index (κ2) is 8.42. The zero-order valence-electron chi connectivity index (χ0n) is 20.8. The molecule has 4 unspecified atom stereocenters. The van der Waals surface area contributed by atoms with Gasteiger partial charge in [-0.2, -0.15) is 0 Å². The summed E-state index contributed by atoms with van der Waals surface area (Å²) in [5, 5.41) is 10.2. The highest BCUT2D eigenvalue weighted by atomic mass is 16.3. The molecule has 7 atom stereocenters. The van der Waals surface area contributed by atoms with Crippen molar-refractivity contribution in [3.63, 3.8) is 0 Å². The molecule has 1 nitrogen and oxygen atoms in total. The van der Waals surface area contributed by atoms with Crippen molar-refractivity contribution in [3.8, 4) is 0 Å². The molecule has 4 aliphatic carbocycles. The highest BCUT2D eigenvalue weighted by molar-refractivity contribution is 5.40. The van der Waals surface area contributed by atoms with E-state index < -0.39 is 0 Å². The van der Waals surface area contributed by atoms with Crippen LogP contribution in [0.2, 0.25) is 0 Å². The number of rotatable bonds is 6. The topological polar surface area (TPSA) is 20.2 Å². The van der Waals surface area contributed by atoms with Crippen molar-refractivity contribution in [2.75, 3.05) is 0 Å². The first kappa shape index (κ1) is 22.6. The Morgan fingerprint density at radius 2 is 1.77 bits per heavy atom. The van der Waals surface area contributed by atoms with Crippen LogP contribution in [-0.4, -0.2) is 11.2 Å². The van der Waals surface area contributed by atoms with Crippen LogP contribution in [-0.2, 0) is 0 Å². The van der Waals surface area contributed by atoms with Crippen molar-refractivity contribution in [3.05, 3.63) is 22.8 Å². The molecule has 0 aliphatic heterocycles. The van der Waals surface area contributed by atoms with Gasteiger partial charge in [-0.3, -0.25) is 0 Å². The van der Waals surface area contributed by atoms with Crippen molar-refractivity contribution >= 4 is 0 Å². The normalized spacial score (nSPS) is 40.5. The average Bonchev–Trinajstić information content (AvgIpc) is 3.06. The molecule has 4 rings (SSSR count). The highest BCUT2D eigenvalue weighted by Gasteiger charge is 2.53. The monoisotopic (exact) mass is 412 g/mol. The number of aliphatic hydroxyl groups is 1. The quantitative estimate of drug-likeness (QED) is 0.437. The Bertz CT molecular complexity index is 699. The van der Waals surface area contributed by atoms with Crippen LogP contribution >= 0.6 is 0 Å².